The Labute approximate surface area is 265 Å². The molecule has 0 spiro atoms. The van der Waals surface area contributed by atoms with Gasteiger partial charge in [0, 0.05) is 30.3 Å². The molecule has 0 aliphatic carbocycles. The van der Waals surface area contributed by atoms with E-state index in [0.717, 1.165) is 10.5 Å². The van der Waals surface area contributed by atoms with E-state index in [1.165, 1.54) is 30.5 Å². The molecule has 11 nitrogen and oxygen atoms in total. The number of hydrogen-bond donors (Lipinski definition) is 4. The number of sulfone groups is 1. The number of ketones is 1. The molecule has 2 unspecified atom stereocenters. The summed E-state index contributed by atoms with van der Waals surface area (Å²) in [5, 5.41) is 24.6. The molecule has 2 aliphatic heterocycles. The average molecular weight is 639 g/mol. The Bertz CT molecular complexity index is 1980. The Morgan fingerprint density at radius 3 is 2.50 bits per heavy atom. The van der Waals surface area contributed by atoms with E-state index in [1.54, 1.807) is 36.4 Å². The number of nitrogens with zero attached hydrogens (tertiary/aromatic N) is 2. The Morgan fingerprint density at radius 2 is 1.74 bits per heavy atom. The summed E-state index contributed by atoms with van der Waals surface area (Å²) >= 11 is 0. The van der Waals surface area contributed by atoms with Crippen molar-refractivity contribution in [3.63, 3.8) is 0 Å². The fourth-order valence-corrected chi connectivity index (χ4v) is 7.57. The molecule has 0 radical (unpaired) electrons. The van der Waals surface area contributed by atoms with Crippen LogP contribution in [-0.2, 0) is 31.6 Å². The van der Waals surface area contributed by atoms with Gasteiger partial charge in [0.2, 0.25) is 0 Å². The van der Waals surface area contributed by atoms with Crippen LogP contribution < -0.4 is 10.6 Å². The van der Waals surface area contributed by atoms with Crippen LogP contribution in [0.25, 0.3) is 11.1 Å². The predicted octanol–water partition coefficient (Wildman–Crippen LogP) is 3.06. The van der Waals surface area contributed by atoms with Gasteiger partial charge >= 0.3 is 0 Å². The molecule has 2 aliphatic rings. The van der Waals surface area contributed by atoms with Crippen LogP contribution in [0.1, 0.15) is 28.0 Å². The molecule has 1 aromatic heterocycles. The van der Waals surface area contributed by atoms with E-state index in [9.17, 15) is 33.0 Å². The fourth-order valence-electron chi connectivity index (χ4n) is 5.82. The first-order valence-corrected chi connectivity index (χ1v) is 16.2. The first kappa shape index (κ1) is 30.5. The number of nitrogens with one attached hydrogen (secondary N) is 2. The summed E-state index contributed by atoms with van der Waals surface area (Å²) < 4.78 is 27.7. The van der Waals surface area contributed by atoms with Gasteiger partial charge in [-0.25, -0.2) is 8.42 Å². The molecule has 3 aromatic carbocycles. The van der Waals surface area contributed by atoms with Crippen molar-refractivity contribution in [1.29, 1.82) is 0 Å². The van der Waals surface area contributed by atoms with Gasteiger partial charge in [-0.2, -0.15) is 0 Å². The minimum atomic E-state index is -4.24. The number of phenolic OH excluding ortho intramolecular Hbond substituents is 1. The van der Waals surface area contributed by atoms with Crippen molar-refractivity contribution in [2.45, 2.75) is 30.0 Å². The molecule has 2 atom stereocenters. The third-order valence-corrected chi connectivity index (χ3v) is 9.87. The third-order valence-electron chi connectivity index (χ3n) is 7.99. The van der Waals surface area contributed by atoms with Crippen LogP contribution in [0.3, 0.4) is 0 Å². The lowest BCUT2D eigenvalue weighted by Crippen LogP contribution is -2.53. The molecule has 46 heavy (non-hydrogen) atoms. The second kappa shape index (κ2) is 12.5. The summed E-state index contributed by atoms with van der Waals surface area (Å²) in [6, 6.07) is 23.7. The number of phenols is 1. The van der Waals surface area contributed by atoms with Crippen molar-refractivity contribution in [2.75, 3.05) is 6.54 Å². The number of aromatic nitrogens is 1. The molecule has 3 heterocycles. The van der Waals surface area contributed by atoms with Gasteiger partial charge in [-0.15, -0.1) is 0 Å². The van der Waals surface area contributed by atoms with Gasteiger partial charge in [0.25, 0.3) is 11.8 Å². The van der Waals surface area contributed by atoms with Crippen molar-refractivity contribution in [3.8, 4) is 22.6 Å². The maximum Gasteiger partial charge on any atom is 0.252 e. The van der Waals surface area contributed by atoms with Crippen LogP contribution in [-0.4, -0.2) is 64.1 Å². The van der Waals surface area contributed by atoms with E-state index >= 15 is 0 Å². The molecule has 0 fully saturated rings. The number of carbonyl (C=O) groups is 3. The topological polar surface area (TPSA) is 166 Å². The highest BCUT2D eigenvalue weighted by Gasteiger charge is 2.49. The first-order valence-electron chi connectivity index (χ1n) is 14.5. The van der Waals surface area contributed by atoms with Gasteiger partial charge in [-0.3, -0.25) is 24.3 Å². The molecular weight excluding hydrogens is 608 g/mol. The molecule has 2 amide bonds. The quantitative estimate of drug-likeness (QED) is 0.216. The monoisotopic (exact) mass is 638 g/mol. The largest absolute Gasteiger partial charge is 0.508 e. The molecule has 0 saturated carbocycles. The molecule has 12 heteroatoms. The lowest BCUT2D eigenvalue weighted by molar-refractivity contribution is -0.133. The smallest absolute Gasteiger partial charge is 0.252 e. The van der Waals surface area contributed by atoms with E-state index in [0.29, 0.717) is 16.8 Å². The molecule has 0 saturated heterocycles. The number of carbonyl (C=O) groups excluding carboxylic acids is 3. The molecule has 234 valence electrons. The number of aromatic hydroxyl groups is 2. The van der Waals surface area contributed by atoms with E-state index in [4.69, 9.17) is 0 Å². The van der Waals surface area contributed by atoms with Crippen molar-refractivity contribution in [2.24, 2.45) is 0 Å². The zero-order valence-corrected chi connectivity index (χ0v) is 25.3. The standard InChI is InChI=1S/C34H30N4O7S/c39-23-11-6-8-21(16-23)17-27(37-33(42)25-13-5-4-12-24(25)22-9-2-1-3-10-22)34(43)38-31(18-26-32(38)30(41)19-36-26)46(44,45)20-28-29(40)14-7-15-35-28/h1-16,27,31,36,39-40H,17-20H2,(H,37,42). The van der Waals surface area contributed by atoms with E-state index in [1.807, 2.05) is 30.3 Å². The summed E-state index contributed by atoms with van der Waals surface area (Å²) in [6.07, 6.45) is 1.06. The third kappa shape index (κ3) is 6.07. The summed E-state index contributed by atoms with van der Waals surface area (Å²) in [5.41, 5.74) is 2.35. The highest BCUT2D eigenvalue weighted by Crippen LogP contribution is 2.36. The Hall–Kier alpha value is -5.49. The van der Waals surface area contributed by atoms with Crippen molar-refractivity contribution >= 4 is 27.4 Å². The normalized spacial score (nSPS) is 16.6. The maximum atomic E-state index is 14.5. The van der Waals surface area contributed by atoms with Crippen molar-refractivity contribution in [1.82, 2.24) is 20.5 Å². The highest BCUT2D eigenvalue weighted by molar-refractivity contribution is 7.91. The molecule has 0 bridgehead atoms. The molecule has 6 rings (SSSR count). The average Bonchev–Trinajstić information content (AvgIpc) is 3.62. The zero-order chi connectivity index (χ0) is 32.4. The van der Waals surface area contributed by atoms with Gasteiger partial charge in [-0.05, 0) is 47.0 Å². The predicted molar refractivity (Wildman–Crippen MR) is 169 cm³/mol. The number of rotatable bonds is 9. The number of hydrogen-bond acceptors (Lipinski definition) is 9. The minimum Gasteiger partial charge on any atom is -0.508 e. The van der Waals surface area contributed by atoms with Crippen molar-refractivity contribution < 1.29 is 33.0 Å². The van der Waals surface area contributed by atoms with Gasteiger partial charge in [0.05, 0.1) is 18.0 Å². The summed E-state index contributed by atoms with van der Waals surface area (Å²) in [7, 11) is -4.24. The van der Waals surface area contributed by atoms with Crippen LogP contribution in [0, 0.1) is 0 Å². The Morgan fingerprint density at radius 1 is 0.978 bits per heavy atom. The number of pyridine rings is 1. The van der Waals surface area contributed by atoms with Gasteiger partial charge < -0.3 is 20.8 Å². The number of amides is 2. The number of Topliss-reactive ketones (excluding diaryl/α,β-unsaturated/α-hetero) is 1. The lowest BCUT2D eigenvalue weighted by Gasteiger charge is -2.31. The SMILES string of the molecule is O=C1CNC2=C1N(C(=O)C(Cc1cccc(O)c1)NC(=O)c1ccccc1-c1ccccc1)C(S(=O)(=O)Cc1ncccc1O)C2. The molecular formula is C34H30N4O7S. The number of benzene rings is 3. The van der Waals surface area contributed by atoms with Crippen LogP contribution in [0.4, 0.5) is 0 Å². The molecule has 4 aromatic rings. The van der Waals surface area contributed by atoms with E-state index < -0.39 is 44.6 Å². The summed E-state index contributed by atoms with van der Waals surface area (Å²) in [6.45, 7) is -0.101. The summed E-state index contributed by atoms with van der Waals surface area (Å²) in [4.78, 5) is 46.4. The second-order valence-corrected chi connectivity index (χ2v) is 13.2. The van der Waals surface area contributed by atoms with Crippen LogP contribution >= 0.6 is 0 Å². The van der Waals surface area contributed by atoms with Crippen LogP contribution in [0.2, 0.25) is 0 Å². The fraction of sp³-hybridized carbons (Fsp3) is 0.176. The Kier molecular flexibility index (Phi) is 8.29. The lowest BCUT2D eigenvalue weighted by atomic mass is 9.98. The highest BCUT2D eigenvalue weighted by atomic mass is 32.2. The van der Waals surface area contributed by atoms with E-state index in [-0.39, 0.29) is 47.8 Å². The van der Waals surface area contributed by atoms with Crippen molar-refractivity contribution in [3.05, 3.63) is 125 Å². The van der Waals surface area contributed by atoms with Gasteiger partial charge in [0.15, 0.2) is 15.6 Å². The zero-order valence-electron chi connectivity index (χ0n) is 24.5. The van der Waals surface area contributed by atoms with Gasteiger partial charge in [0.1, 0.15) is 28.6 Å². The van der Waals surface area contributed by atoms with Crippen LogP contribution in [0.5, 0.6) is 11.5 Å². The first-order chi connectivity index (χ1) is 22.1. The maximum absolute atomic E-state index is 14.5. The second-order valence-electron chi connectivity index (χ2n) is 11.1. The summed E-state index contributed by atoms with van der Waals surface area (Å²) in [5.74, 6) is -2.91. The van der Waals surface area contributed by atoms with Crippen LogP contribution in [0.15, 0.2) is 109 Å². The van der Waals surface area contributed by atoms with E-state index in [2.05, 4.69) is 15.6 Å². The minimum absolute atomic E-state index is 0.0543. The molecule has 4 N–H and O–H groups in total. The van der Waals surface area contributed by atoms with Gasteiger partial charge in [-0.1, -0.05) is 60.7 Å². The Balaban J connectivity index is 1.38.